The quantitative estimate of drug-likeness (QED) is 0.793. The molecule has 2 aliphatic rings. The van der Waals surface area contributed by atoms with Gasteiger partial charge in [0.1, 0.15) is 0 Å². The third kappa shape index (κ3) is 5.04. The maximum atomic E-state index is 3.82. The molecule has 0 spiro atoms. The molecular formula is C18H36N2. The van der Waals surface area contributed by atoms with Gasteiger partial charge >= 0.3 is 0 Å². The fraction of sp³-hybridized carbons (Fsp3) is 1.00. The molecule has 1 aliphatic carbocycles. The van der Waals surface area contributed by atoms with E-state index in [0.29, 0.717) is 0 Å². The fourth-order valence-electron chi connectivity index (χ4n) is 4.18. The van der Waals surface area contributed by atoms with Crippen LogP contribution in [0.2, 0.25) is 0 Å². The van der Waals surface area contributed by atoms with E-state index in [-0.39, 0.29) is 0 Å². The first-order valence-corrected chi connectivity index (χ1v) is 9.02. The Labute approximate surface area is 126 Å². The summed E-state index contributed by atoms with van der Waals surface area (Å²) < 4.78 is 0. The molecule has 0 aromatic carbocycles. The topological polar surface area (TPSA) is 15.3 Å². The normalized spacial score (nSPS) is 29.7. The van der Waals surface area contributed by atoms with Crippen molar-refractivity contribution in [2.45, 2.75) is 78.3 Å². The van der Waals surface area contributed by atoms with E-state index < -0.39 is 0 Å². The van der Waals surface area contributed by atoms with Crippen molar-refractivity contribution < 1.29 is 0 Å². The molecule has 1 saturated carbocycles. The number of rotatable bonds is 6. The first-order chi connectivity index (χ1) is 9.54. The van der Waals surface area contributed by atoms with E-state index in [1.807, 2.05) is 0 Å². The third-order valence-electron chi connectivity index (χ3n) is 5.08. The fourth-order valence-corrected chi connectivity index (χ4v) is 4.18. The molecule has 0 radical (unpaired) electrons. The molecular weight excluding hydrogens is 244 g/mol. The lowest BCUT2D eigenvalue weighted by molar-refractivity contribution is 0.0904. The second kappa shape index (κ2) is 7.79. The molecule has 1 aliphatic heterocycles. The zero-order chi connectivity index (χ0) is 14.5. The van der Waals surface area contributed by atoms with E-state index in [2.05, 4.69) is 37.9 Å². The van der Waals surface area contributed by atoms with Gasteiger partial charge in [-0.1, -0.05) is 40.5 Å². The van der Waals surface area contributed by atoms with Crippen LogP contribution in [0.1, 0.15) is 66.2 Å². The highest BCUT2D eigenvalue weighted by molar-refractivity contribution is 4.88. The summed E-state index contributed by atoms with van der Waals surface area (Å²) in [6, 6.07) is 1.50. The van der Waals surface area contributed by atoms with Gasteiger partial charge in [-0.05, 0) is 43.4 Å². The van der Waals surface area contributed by atoms with Crippen LogP contribution >= 0.6 is 0 Å². The first-order valence-electron chi connectivity index (χ1n) is 9.02. The minimum absolute atomic E-state index is 0.722. The van der Waals surface area contributed by atoms with E-state index in [0.717, 1.165) is 29.8 Å². The Balaban J connectivity index is 1.90. The highest BCUT2D eigenvalue weighted by Crippen LogP contribution is 2.28. The Morgan fingerprint density at radius 2 is 1.65 bits per heavy atom. The Morgan fingerprint density at radius 1 is 1.00 bits per heavy atom. The molecule has 118 valence electrons. The van der Waals surface area contributed by atoms with Crippen LogP contribution in [0.5, 0.6) is 0 Å². The van der Waals surface area contributed by atoms with Crippen LogP contribution in [0.4, 0.5) is 0 Å². The molecule has 2 heteroatoms. The van der Waals surface area contributed by atoms with Crippen molar-refractivity contribution in [2.24, 2.45) is 17.8 Å². The van der Waals surface area contributed by atoms with Crippen molar-refractivity contribution in [2.75, 3.05) is 19.6 Å². The van der Waals surface area contributed by atoms with Gasteiger partial charge in [0, 0.05) is 31.7 Å². The number of nitrogens with zero attached hydrogens (tertiary/aromatic N) is 1. The Kier molecular flexibility index (Phi) is 6.35. The molecule has 2 fully saturated rings. The summed E-state index contributed by atoms with van der Waals surface area (Å²) in [5.74, 6) is 2.61. The van der Waals surface area contributed by atoms with Crippen molar-refractivity contribution in [3.05, 3.63) is 0 Å². The average Bonchev–Trinajstić information content (AvgIpc) is 2.84. The molecule has 1 saturated heterocycles. The van der Waals surface area contributed by atoms with E-state index in [4.69, 9.17) is 0 Å². The van der Waals surface area contributed by atoms with Crippen LogP contribution in [0.25, 0.3) is 0 Å². The maximum Gasteiger partial charge on any atom is 0.0223 e. The Bertz CT molecular complexity index is 269. The lowest BCUT2D eigenvalue weighted by Crippen LogP contribution is -2.57. The van der Waals surface area contributed by atoms with Crippen LogP contribution in [0.15, 0.2) is 0 Å². The van der Waals surface area contributed by atoms with E-state index >= 15 is 0 Å². The second-order valence-corrected chi connectivity index (χ2v) is 8.12. The molecule has 0 bridgehead atoms. The molecule has 2 atom stereocenters. The van der Waals surface area contributed by atoms with E-state index in [9.17, 15) is 0 Å². The summed E-state index contributed by atoms with van der Waals surface area (Å²) in [6.45, 7) is 13.3. The van der Waals surface area contributed by atoms with Crippen LogP contribution in [0.3, 0.4) is 0 Å². The van der Waals surface area contributed by atoms with Gasteiger partial charge in [0.05, 0.1) is 0 Å². The number of hydrogen-bond acceptors (Lipinski definition) is 2. The Morgan fingerprint density at radius 3 is 2.25 bits per heavy atom. The molecule has 2 nitrogen and oxygen atoms in total. The maximum absolute atomic E-state index is 3.82. The van der Waals surface area contributed by atoms with Gasteiger partial charge in [0.2, 0.25) is 0 Å². The smallest absolute Gasteiger partial charge is 0.0223 e. The standard InChI is InChI=1S/C18H36N2/c1-14(2)9-17-13-20(12-16-7-5-6-8-16)18(11-19-17)10-15(3)4/h14-19H,5-13H2,1-4H3. The molecule has 0 amide bonds. The van der Waals surface area contributed by atoms with Gasteiger partial charge in [-0.2, -0.15) is 0 Å². The SMILES string of the molecule is CC(C)CC1CN(CC2CCCC2)C(CC(C)C)CN1. The predicted octanol–water partition coefficient (Wildman–Crippen LogP) is 3.91. The zero-order valence-corrected chi connectivity index (χ0v) is 14.2. The lowest BCUT2D eigenvalue weighted by Gasteiger charge is -2.43. The van der Waals surface area contributed by atoms with Crippen molar-refractivity contribution >= 4 is 0 Å². The Hall–Kier alpha value is -0.0800. The molecule has 20 heavy (non-hydrogen) atoms. The zero-order valence-electron chi connectivity index (χ0n) is 14.2. The number of nitrogens with one attached hydrogen (secondary N) is 1. The lowest BCUT2D eigenvalue weighted by atomic mass is 9.94. The minimum atomic E-state index is 0.722. The summed E-state index contributed by atoms with van der Waals surface area (Å²) in [5.41, 5.74) is 0. The van der Waals surface area contributed by atoms with E-state index in [1.54, 1.807) is 0 Å². The van der Waals surface area contributed by atoms with Gasteiger partial charge in [-0.25, -0.2) is 0 Å². The predicted molar refractivity (Wildman–Crippen MR) is 88.0 cm³/mol. The highest BCUT2D eigenvalue weighted by Gasteiger charge is 2.30. The van der Waals surface area contributed by atoms with Crippen molar-refractivity contribution in [1.82, 2.24) is 10.2 Å². The van der Waals surface area contributed by atoms with Crippen molar-refractivity contribution in [3.63, 3.8) is 0 Å². The van der Waals surface area contributed by atoms with E-state index in [1.165, 1.54) is 58.2 Å². The van der Waals surface area contributed by atoms with Gasteiger partial charge < -0.3 is 5.32 Å². The number of hydrogen-bond donors (Lipinski definition) is 1. The van der Waals surface area contributed by atoms with Gasteiger partial charge in [0.15, 0.2) is 0 Å². The summed E-state index contributed by atoms with van der Waals surface area (Å²) in [6.07, 6.45) is 8.59. The van der Waals surface area contributed by atoms with Crippen LogP contribution in [-0.2, 0) is 0 Å². The first kappa shape index (κ1) is 16.3. The van der Waals surface area contributed by atoms with Crippen LogP contribution in [-0.4, -0.2) is 36.6 Å². The molecule has 1 heterocycles. The minimum Gasteiger partial charge on any atom is -0.311 e. The molecule has 0 aromatic rings. The average molecular weight is 280 g/mol. The monoisotopic (exact) mass is 280 g/mol. The molecule has 2 unspecified atom stereocenters. The van der Waals surface area contributed by atoms with Gasteiger partial charge in [0.25, 0.3) is 0 Å². The van der Waals surface area contributed by atoms with Gasteiger partial charge in [-0.15, -0.1) is 0 Å². The number of piperazine rings is 1. The summed E-state index contributed by atoms with van der Waals surface area (Å²) in [7, 11) is 0. The van der Waals surface area contributed by atoms with Crippen molar-refractivity contribution in [3.8, 4) is 0 Å². The van der Waals surface area contributed by atoms with Crippen LogP contribution < -0.4 is 5.32 Å². The molecule has 2 rings (SSSR count). The third-order valence-corrected chi connectivity index (χ3v) is 5.08. The van der Waals surface area contributed by atoms with Crippen molar-refractivity contribution in [1.29, 1.82) is 0 Å². The summed E-state index contributed by atoms with van der Waals surface area (Å²) in [4.78, 5) is 2.85. The second-order valence-electron chi connectivity index (χ2n) is 8.12. The molecule has 0 aromatic heterocycles. The summed E-state index contributed by atoms with van der Waals surface area (Å²) >= 11 is 0. The van der Waals surface area contributed by atoms with Crippen LogP contribution in [0, 0.1) is 17.8 Å². The largest absolute Gasteiger partial charge is 0.311 e. The van der Waals surface area contributed by atoms with Gasteiger partial charge in [-0.3, -0.25) is 4.90 Å². The summed E-state index contributed by atoms with van der Waals surface area (Å²) in [5, 5.41) is 3.82. The molecule has 1 N–H and O–H groups in total. The highest BCUT2D eigenvalue weighted by atomic mass is 15.2.